The van der Waals surface area contributed by atoms with Crippen molar-refractivity contribution in [2.75, 3.05) is 9.80 Å². The number of rotatable bonds is 8. The standard InChI is InChI=1S/C67H44N2O2/c1-4-16-45(17-5-1)46-28-33-51(34-29-46)69(54-39-37-53(38-40-54)68(49-18-6-2-7-19-49)50-20-8-3-9-21-50)52-35-30-47(31-36-52)48-32-41-57-61(44-48)67(58-24-12-10-22-55(58)56-23-11-13-25-59(56)67)60-42-43-64-66(65(57)60)71-63-27-15-14-26-62(63)70-64/h1-44H. The number of para-hydroxylation sites is 4. The third-order valence-corrected chi connectivity index (χ3v) is 14.5. The maximum Gasteiger partial charge on any atom is 0.178 e. The molecule has 334 valence electrons. The van der Waals surface area contributed by atoms with Crippen molar-refractivity contribution in [1.82, 2.24) is 0 Å². The Labute approximate surface area is 413 Å². The van der Waals surface area contributed by atoms with Gasteiger partial charge >= 0.3 is 0 Å². The molecule has 0 aromatic heterocycles. The van der Waals surface area contributed by atoms with Crippen molar-refractivity contribution in [2.24, 2.45) is 0 Å². The second-order valence-corrected chi connectivity index (χ2v) is 18.4. The first-order valence-electron chi connectivity index (χ1n) is 24.2. The van der Waals surface area contributed by atoms with E-state index in [0.717, 1.165) is 79.4 Å². The van der Waals surface area contributed by atoms with Gasteiger partial charge < -0.3 is 19.3 Å². The zero-order valence-electron chi connectivity index (χ0n) is 38.6. The molecule has 0 amide bonds. The Balaban J connectivity index is 0.885. The highest BCUT2D eigenvalue weighted by Crippen LogP contribution is 2.66. The minimum atomic E-state index is -0.561. The summed E-state index contributed by atoms with van der Waals surface area (Å²) in [5, 5.41) is 0. The van der Waals surface area contributed by atoms with Crippen LogP contribution in [0.3, 0.4) is 0 Å². The van der Waals surface area contributed by atoms with Crippen molar-refractivity contribution in [3.05, 3.63) is 289 Å². The van der Waals surface area contributed by atoms with Crippen LogP contribution in [0, 0.1) is 0 Å². The van der Waals surface area contributed by atoms with Crippen molar-refractivity contribution >= 4 is 34.1 Å². The largest absolute Gasteiger partial charge is 0.449 e. The molecule has 11 aromatic rings. The summed E-state index contributed by atoms with van der Waals surface area (Å²) < 4.78 is 13.4. The number of fused-ring (bicyclic) bond motifs is 13. The fourth-order valence-corrected chi connectivity index (χ4v) is 11.4. The second kappa shape index (κ2) is 16.4. The van der Waals surface area contributed by atoms with Crippen molar-refractivity contribution in [3.8, 4) is 67.5 Å². The molecule has 0 bridgehead atoms. The highest BCUT2D eigenvalue weighted by Gasteiger charge is 2.53. The zero-order chi connectivity index (χ0) is 46.9. The summed E-state index contributed by atoms with van der Waals surface area (Å²) >= 11 is 0. The Morgan fingerprint density at radius 3 is 1.21 bits per heavy atom. The molecular weight excluding hydrogens is 865 g/mol. The average molecular weight is 909 g/mol. The molecule has 4 heteroatoms. The van der Waals surface area contributed by atoms with Crippen molar-refractivity contribution in [3.63, 3.8) is 0 Å². The molecule has 0 unspecified atom stereocenters. The van der Waals surface area contributed by atoms with E-state index in [-0.39, 0.29) is 0 Å². The van der Waals surface area contributed by atoms with Crippen LogP contribution in [0.1, 0.15) is 22.3 Å². The summed E-state index contributed by atoms with van der Waals surface area (Å²) in [7, 11) is 0. The summed E-state index contributed by atoms with van der Waals surface area (Å²) in [6.07, 6.45) is 0. The first kappa shape index (κ1) is 40.7. The van der Waals surface area contributed by atoms with Gasteiger partial charge in [0.05, 0.1) is 5.41 Å². The second-order valence-electron chi connectivity index (χ2n) is 18.4. The lowest BCUT2D eigenvalue weighted by Gasteiger charge is -2.31. The minimum absolute atomic E-state index is 0.561. The molecule has 3 aliphatic rings. The predicted molar refractivity (Wildman–Crippen MR) is 290 cm³/mol. The molecule has 0 radical (unpaired) electrons. The van der Waals surface area contributed by atoms with E-state index < -0.39 is 5.41 Å². The highest BCUT2D eigenvalue weighted by molar-refractivity contribution is 5.99. The third kappa shape index (κ3) is 6.46. The van der Waals surface area contributed by atoms with Crippen molar-refractivity contribution in [1.29, 1.82) is 0 Å². The number of nitrogens with zero attached hydrogens (tertiary/aromatic N) is 2. The van der Waals surface area contributed by atoms with Gasteiger partial charge in [-0.3, -0.25) is 0 Å². The fraction of sp³-hybridized carbons (Fsp3) is 0.0149. The van der Waals surface area contributed by atoms with E-state index >= 15 is 0 Å². The van der Waals surface area contributed by atoms with Gasteiger partial charge in [-0.05, 0) is 158 Å². The number of benzene rings is 11. The number of ether oxygens (including phenoxy) is 2. The summed E-state index contributed by atoms with van der Waals surface area (Å²) in [6.45, 7) is 0. The van der Waals surface area contributed by atoms with Gasteiger partial charge in [0.1, 0.15) is 0 Å². The topological polar surface area (TPSA) is 24.9 Å². The Morgan fingerprint density at radius 2 is 0.662 bits per heavy atom. The molecule has 2 aliphatic carbocycles. The van der Waals surface area contributed by atoms with Crippen LogP contribution in [-0.4, -0.2) is 0 Å². The Bertz CT molecular complexity index is 3710. The molecule has 4 nitrogen and oxygen atoms in total. The summed E-state index contributed by atoms with van der Waals surface area (Å²) in [5.41, 5.74) is 20.3. The van der Waals surface area contributed by atoms with Gasteiger partial charge in [-0.25, -0.2) is 0 Å². The zero-order valence-corrected chi connectivity index (χ0v) is 38.6. The molecule has 0 saturated carbocycles. The highest BCUT2D eigenvalue weighted by atomic mass is 16.6. The van der Waals surface area contributed by atoms with E-state index in [9.17, 15) is 0 Å². The van der Waals surface area contributed by atoms with Gasteiger partial charge in [-0.2, -0.15) is 0 Å². The summed E-state index contributed by atoms with van der Waals surface area (Å²) in [5.74, 6) is 2.93. The quantitative estimate of drug-likeness (QED) is 0.152. The predicted octanol–water partition coefficient (Wildman–Crippen LogP) is 18.2. The van der Waals surface area contributed by atoms with Crippen LogP contribution in [0.4, 0.5) is 34.1 Å². The molecule has 0 atom stereocenters. The van der Waals surface area contributed by atoms with Crippen LogP contribution in [0.2, 0.25) is 0 Å². The Kier molecular flexibility index (Phi) is 9.39. The molecule has 1 heterocycles. The molecule has 0 N–H and O–H groups in total. The molecule has 11 aromatic carbocycles. The first-order chi connectivity index (χ1) is 35.2. The Hall–Kier alpha value is -9.38. The van der Waals surface area contributed by atoms with E-state index in [1.807, 2.05) is 24.3 Å². The lowest BCUT2D eigenvalue weighted by atomic mass is 9.70. The van der Waals surface area contributed by atoms with Gasteiger partial charge in [0.2, 0.25) is 0 Å². The lowest BCUT2D eigenvalue weighted by Crippen LogP contribution is -2.26. The average Bonchev–Trinajstić information content (AvgIpc) is 3.91. The van der Waals surface area contributed by atoms with E-state index in [4.69, 9.17) is 9.47 Å². The SMILES string of the molecule is c1ccc(-c2ccc(N(c3ccc(-c4ccc5c(c4)C4(c6ccccc6-c6ccccc64)c4ccc6c(c4-5)Oc4ccccc4O6)cc3)c3ccc(N(c4ccccc4)c4ccccc4)cc3)cc2)cc1. The van der Waals surface area contributed by atoms with Gasteiger partial charge in [-0.15, -0.1) is 0 Å². The molecule has 14 rings (SSSR count). The van der Waals surface area contributed by atoms with E-state index in [0.29, 0.717) is 0 Å². The number of hydrogen-bond donors (Lipinski definition) is 0. The smallest absolute Gasteiger partial charge is 0.178 e. The van der Waals surface area contributed by atoms with Gasteiger partial charge in [0.25, 0.3) is 0 Å². The molecule has 0 fully saturated rings. The first-order valence-corrected chi connectivity index (χ1v) is 24.2. The van der Waals surface area contributed by atoms with E-state index in [2.05, 4.69) is 252 Å². The van der Waals surface area contributed by atoms with E-state index in [1.165, 1.54) is 44.5 Å². The van der Waals surface area contributed by atoms with Crippen molar-refractivity contribution in [2.45, 2.75) is 5.41 Å². The monoisotopic (exact) mass is 908 g/mol. The van der Waals surface area contributed by atoms with Crippen LogP contribution in [0.5, 0.6) is 23.0 Å². The molecule has 1 aliphatic heterocycles. The van der Waals surface area contributed by atoms with Crippen LogP contribution in [0.15, 0.2) is 267 Å². The Morgan fingerprint density at radius 1 is 0.254 bits per heavy atom. The summed E-state index contributed by atoms with van der Waals surface area (Å²) in [4.78, 5) is 4.65. The normalized spacial score (nSPS) is 12.8. The van der Waals surface area contributed by atoms with Crippen LogP contribution >= 0.6 is 0 Å². The minimum Gasteiger partial charge on any atom is -0.449 e. The molecule has 71 heavy (non-hydrogen) atoms. The maximum atomic E-state index is 6.83. The van der Waals surface area contributed by atoms with Gasteiger partial charge in [-0.1, -0.05) is 170 Å². The van der Waals surface area contributed by atoms with Gasteiger partial charge in [0, 0.05) is 39.7 Å². The van der Waals surface area contributed by atoms with E-state index in [1.54, 1.807) is 0 Å². The van der Waals surface area contributed by atoms with Crippen LogP contribution < -0.4 is 19.3 Å². The van der Waals surface area contributed by atoms with Crippen LogP contribution in [-0.2, 0) is 5.41 Å². The maximum absolute atomic E-state index is 6.83. The lowest BCUT2D eigenvalue weighted by molar-refractivity contribution is 0.360. The van der Waals surface area contributed by atoms with Crippen molar-refractivity contribution < 1.29 is 9.47 Å². The number of hydrogen-bond acceptors (Lipinski definition) is 4. The number of anilines is 6. The third-order valence-electron chi connectivity index (χ3n) is 14.5. The molecule has 1 spiro atoms. The van der Waals surface area contributed by atoms with Gasteiger partial charge in [0.15, 0.2) is 23.0 Å². The summed E-state index contributed by atoms with van der Waals surface area (Å²) in [6, 6.07) is 95.7. The molecule has 0 saturated heterocycles. The fourth-order valence-electron chi connectivity index (χ4n) is 11.4. The molecular formula is C67H44N2O2. The van der Waals surface area contributed by atoms with Crippen LogP contribution in [0.25, 0.3) is 44.5 Å².